The zero-order valence-corrected chi connectivity index (χ0v) is 13.0. The molecule has 0 aliphatic carbocycles. The Morgan fingerprint density at radius 3 is 2.83 bits per heavy atom. The third-order valence-corrected chi connectivity index (χ3v) is 3.55. The molecule has 0 saturated carbocycles. The highest BCUT2D eigenvalue weighted by atomic mass is 35.5. The Morgan fingerprint density at radius 1 is 1.39 bits per heavy atom. The first-order valence-corrected chi connectivity index (χ1v) is 7.12. The van der Waals surface area contributed by atoms with Gasteiger partial charge in [0.05, 0.1) is 7.11 Å². The van der Waals surface area contributed by atoms with Crippen molar-refractivity contribution in [2.45, 2.75) is 6.42 Å². The fourth-order valence-corrected chi connectivity index (χ4v) is 2.25. The van der Waals surface area contributed by atoms with Crippen molar-refractivity contribution in [3.63, 3.8) is 0 Å². The van der Waals surface area contributed by atoms with Gasteiger partial charge >= 0.3 is 5.97 Å². The number of hydrogen-bond donors (Lipinski definition) is 1. The molecule has 0 spiro atoms. The van der Waals surface area contributed by atoms with Gasteiger partial charge in [-0.3, -0.25) is 14.5 Å². The molecule has 1 aliphatic heterocycles. The third kappa shape index (κ3) is 3.78. The molecule has 2 amide bonds. The van der Waals surface area contributed by atoms with E-state index < -0.39 is 17.8 Å². The molecule has 1 aromatic carbocycles. The van der Waals surface area contributed by atoms with Crippen LogP contribution in [0.4, 0.5) is 0 Å². The molecule has 0 bridgehead atoms. The second-order valence-corrected chi connectivity index (χ2v) is 5.14. The first-order valence-electron chi connectivity index (χ1n) is 6.75. The van der Waals surface area contributed by atoms with Crippen molar-refractivity contribution in [1.82, 2.24) is 4.90 Å². The highest BCUT2D eigenvalue weighted by Gasteiger charge is 2.24. The molecule has 6 nitrogen and oxygen atoms in total. The molecule has 120 valence electrons. The Balaban J connectivity index is 2.17. The molecule has 7 heteroatoms. The number of methoxy groups -OCH3 is 1. The topological polar surface area (TPSA) is 83.9 Å². The second kappa shape index (κ2) is 7.11. The number of carbonyl (C=O) groups is 3. The monoisotopic (exact) mass is 335 g/mol. The standard InChI is InChI=1S/C16H14ClNO5/c1-23-16(22)11-9-10(4-6-13(11)19)5-7-14(20)18-8-2-3-12(17)15(18)21/h3-7,9,19H,2,8H2,1H3/b7-5+. The van der Waals surface area contributed by atoms with Gasteiger partial charge in [-0.05, 0) is 30.2 Å². The fraction of sp³-hybridized carbons (Fsp3) is 0.188. The smallest absolute Gasteiger partial charge is 0.341 e. The Bertz CT molecular complexity index is 723. The van der Waals surface area contributed by atoms with Crippen LogP contribution in [-0.2, 0) is 14.3 Å². The fourth-order valence-electron chi connectivity index (χ4n) is 2.04. The van der Waals surface area contributed by atoms with E-state index in [2.05, 4.69) is 4.74 Å². The molecule has 0 saturated heterocycles. The van der Waals surface area contributed by atoms with Gasteiger partial charge < -0.3 is 9.84 Å². The number of hydrogen-bond acceptors (Lipinski definition) is 5. The van der Waals surface area contributed by atoms with Crippen LogP contribution in [0.3, 0.4) is 0 Å². The summed E-state index contributed by atoms with van der Waals surface area (Å²) in [6, 6.07) is 4.23. The van der Waals surface area contributed by atoms with E-state index in [-0.39, 0.29) is 22.9 Å². The Labute approximate surface area is 137 Å². The molecular formula is C16H14ClNO5. The molecule has 0 unspecified atom stereocenters. The van der Waals surface area contributed by atoms with Crippen LogP contribution < -0.4 is 0 Å². The van der Waals surface area contributed by atoms with Crippen LogP contribution >= 0.6 is 11.6 Å². The van der Waals surface area contributed by atoms with Crippen LogP contribution in [-0.4, -0.2) is 41.4 Å². The molecule has 1 aromatic rings. The zero-order chi connectivity index (χ0) is 17.0. The number of benzene rings is 1. The number of esters is 1. The summed E-state index contributed by atoms with van der Waals surface area (Å²) in [5.41, 5.74) is 0.491. The molecule has 2 rings (SSSR count). The predicted octanol–water partition coefficient (Wildman–Crippen LogP) is 2.07. The summed E-state index contributed by atoms with van der Waals surface area (Å²) in [4.78, 5) is 36.4. The third-order valence-electron chi connectivity index (χ3n) is 3.24. The number of nitrogens with zero attached hydrogens (tertiary/aromatic N) is 1. The number of phenols is 1. The SMILES string of the molecule is COC(=O)c1cc(/C=C/C(=O)N2CCC=C(Cl)C2=O)ccc1O. The van der Waals surface area contributed by atoms with E-state index in [4.69, 9.17) is 11.6 Å². The van der Waals surface area contributed by atoms with Gasteiger partial charge in [0.2, 0.25) is 0 Å². The summed E-state index contributed by atoms with van der Waals surface area (Å²) in [6.45, 7) is 0.265. The number of phenolic OH excluding ortho intramolecular Hbond substituents is 1. The van der Waals surface area contributed by atoms with Crippen molar-refractivity contribution in [3.8, 4) is 5.75 Å². The Hall–Kier alpha value is -2.60. The lowest BCUT2D eigenvalue weighted by molar-refractivity contribution is -0.139. The van der Waals surface area contributed by atoms with Crippen molar-refractivity contribution in [3.05, 3.63) is 46.5 Å². The van der Waals surface area contributed by atoms with Crippen LogP contribution in [0, 0.1) is 0 Å². The summed E-state index contributed by atoms with van der Waals surface area (Å²) in [5.74, 6) is -1.95. The number of rotatable bonds is 3. The normalized spacial score (nSPS) is 14.8. The van der Waals surface area contributed by atoms with Crippen molar-refractivity contribution in [2.24, 2.45) is 0 Å². The zero-order valence-electron chi connectivity index (χ0n) is 12.3. The lowest BCUT2D eigenvalue weighted by atomic mass is 10.1. The van der Waals surface area contributed by atoms with Crippen LogP contribution in [0.5, 0.6) is 5.75 Å². The largest absolute Gasteiger partial charge is 0.507 e. The van der Waals surface area contributed by atoms with Crippen molar-refractivity contribution in [1.29, 1.82) is 0 Å². The number of imide groups is 1. The maximum atomic E-state index is 12.1. The van der Waals surface area contributed by atoms with E-state index in [0.29, 0.717) is 12.0 Å². The number of halogens is 1. The van der Waals surface area contributed by atoms with Gasteiger partial charge in [0, 0.05) is 12.6 Å². The molecule has 0 radical (unpaired) electrons. The summed E-state index contributed by atoms with van der Waals surface area (Å²) in [7, 11) is 1.20. The maximum Gasteiger partial charge on any atom is 0.341 e. The highest BCUT2D eigenvalue weighted by Crippen LogP contribution is 2.20. The lowest BCUT2D eigenvalue weighted by Crippen LogP contribution is -2.38. The molecule has 0 atom stereocenters. The first-order chi connectivity index (χ1) is 10.9. The minimum absolute atomic E-state index is 0.0119. The molecule has 23 heavy (non-hydrogen) atoms. The first kappa shape index (κ1) is 16.8. The van der Waals surface area contributed by atoms with Crippen LogP contribution in [0.2, 0.25) is 0 Å². The van der Waals surface area contributed by atoms with E-state index in [0.717, 1.165) is 4.90 Å². The minimum Gasteiger partial charge on any atom is -0.507 e. The van der Waals surface area contributed by atoms with E-state index in [9.17, 15) is 19.5 Å². The predicted molar refractivity (Wildman–Crippen MR) is 83.8 cm³/mol. The van der Waals surface area contributed by atoms with Gasteiger partial charge in [0.15, 0.2) is 0 Å². The summed E-state index contributed by atoms with van der Waals surface area (Å²) < 4.78 is 4.55. The Kier molecular flexibility index (Phi) is 5.18. The number of amides is 2. The van der Waals surface area contributed by atoms with Gasteiger partial charge in [-0.25, -0.2) is 4.79 Å². The van der Waals surface area contributed by atoms with E-state index in [1.54, 1.807) is 6.08 Å². The minimum atomic E-state index is -0.688. The van der Waals surface area contributed by atoms with E-state index >= 15 is 0 Å². The quantitative estimate of drug-likeness (QED) is 0.675. The van der Waals surface area contributed by atoms with Crippen molar-refractivity contribution < 1.29 is 24.2 Å². The van der Waals surface area contributed by atoms with Gasteiger partial charge in [0.1, 0.15) is 16.3 Å². The van der Waals surface area contributed by atoms with Crippen molar-refractivity contribution >= 4 is 35.5 Å². The number of aromatic hydroxyl groups is 1. The summed E-state index contributed by atoms with van der Waals surface area (Å²) in [6.07, 6.45) is 4.73. The Morgan fingerprint density at radius 2 is 2.13 bits per heavy atom. The summed E-state index contributed by atoms with van der Waals surface area (Å²) in [5, 5.41) is 9.64. The molecular weight excluding hydrogens is 322 g/mol. The molecule has 1 N–H and O–H groups in total. The van der Waals surface area contributed by atoms with Crippen molar-refractivity contribution in [2.75, 3.05) is 13.7 Å². The van der Waals surface area contributed by atoms with Gasteiger partial charge in [0.25, 0.3) is 11.8 Å². The van der Waals surface area contributed by atoms with Crippen LogP contribution in [0.25, 0.3) is 6.08 Å². The average Bonchev–Trinajstić information content (AvgIpc) is 2.55. The molecule has 1 aliphatic rings. The molecule has 1 heterocycles. The van der Waals surface area contributed by atoms with Crippen LogP contribution in [0.1, 0.15) is 22.3 Å². The molecule has 0 aromatic heterocycles. The van der Waals surface area contributed by atoms with Gasteiger partial charge in [-0.15, -0.1) is 0 Å². The maximum absolute atomic E-state index is 12.1. The number of carbonyl (C=O) groups excluding carboxylic acids is 3. The van der Waals surface area contributed by atoms with Gasteiger partial charge in [-0.1, -0.05) is 23.7 Å². The average molecular weight is 336 g/mol. The summed E-state index contributed by atoms with van der Waals surface area (Å²) >= 11 is 5.73. The van der Waals surface area contributed by atoms with E-state index in [1.165, 1.54) is 37.5 Å². The van der Waals surface area contributed by atoms with Gasteiger partial charge in [-0.2, -0.15) is 0 Å². The van der Waals surface area contributed by atoms with Crippen LogP contribution in [0.15, 0.2) is 35.4 Å². The number of ether oxygens (including phenoxy) is 1. The second-order valence-electron chi connectivity index (χ2n) is 4.74. The van der Waals surface area contributed by atoms with E-state index in [1.807, 2.05) is 0 Å². The highest BCUT2D eigenvalue weighted by molar-refractivity contribution is 6.43. The lowest BCUT2D eigenvalue weighted by Gasteiger charge is -2.21. The molecule has 0 fully saturated rings.